The Balaban J connectivity index is 1.76. The molecule has 2 heterocycles. The summed E-state index contributed by atoms with van der Waals surface area (Å²) in [4.78, 5) is 6.87. The van der Waals surface area contributed by atoms with Gasteiger partial charge in [0.25, 0.3) is 0 Å². The van der Waals surface area contributed by atoms with Gasteiger partial charge in [-0.05, 0) is 18.1 Å². The predicted molar refractivity (Wildman–Crippen MR) is 109 cm³/mol. The van der Waals surface area contributed by atoms with Crippen molar-refractivity contribution in [1.29, 1.82) is 0 Å². The minimum absolute atomic E-state index is 0.0310. The number of fused-ring (bicyclic) bond motifs is 2. The van der Waals surface area contributed by atoms with Crippen molar-refractivity contribution in [2.75, 3.05) is 52.4 Å². The van der Waals surface area contributed by atoms with Crippen LogP contribution in [0.5, 0.6) is 0 Å². The summed E-state index contributed by atoms with van der Waals surface area (Å²) in [6.45, 7) is -14.6. The Morgan fingerprint density at radius 1 is 1.04 bits per heavy atom. The molecule has 6 heteroatoms. The third kappa shape index (κ3) is 4.35. The van der Waals surface area contributed by atoms with Crippen LogP contribution in [0.1, 0.15) is 27.5 Å². The number of piperazine rings is 1. The van der Waals surface area contributed by atoms with E-state index in [9.17, 15) is 5.11 Å². The fourth-order valence-corrected chi connectivity index (χ4v) is 3.49. The first kappa shape index (κ1) is 7.52. The second kappa shape index (κ2) is 8.89. The number of rotatable bonds is 5. The Kier molecular flexibility index (Phi) is 2.47. The molecular formula is C21H25N3O2S. The van der Waals surface area contributed by atoms with Gasteiger partial charge in [-0.25, -0.2) is 4.99 Å². The highest BCUT2D eigenvalue weighted by atomic mass is 32.2. The molecule has 1 saturated heterocycles. The van der Waals surface area contributed by atoms with E-state index in [1.54, 1.807) is 0 Å². The molecule has 0 radical (unpaired) electrons. The number of benzene rings is 2. The summed E-state index contributed by atoms with van der Waals surface area (Å²) in [6, 6.07) is -4.15. The monoisotopic (exact) mass is 399 g/mol. The molecule has 0 aliphatic carbocycles. The van der Waals surface area contributed by atoms with Crippen LogP contribution in [0, 0.1) is 0 Å². The van der Waals surface area contributed by atoms with Crippen molar-refractivity contribution in [3.63, 3.8) is 0 Å². The topological polar surface area (TPSA) is 48.3 Å². The van der Waals surface area contributed by atoms with E-state index in [2.05, 4.69) is 9.73 Å². The van der Waals surface area contributed by atoms with Gasteiger partial charge in [-0.2, -0.15) is 0 Å². The van der Waals surface area contributed by atoms with Gasteiger partial charge >= 0.3 is 0 Å². The standard InChI is InChI=1S/C21H25N3O2S/c25-14-16-26-15-13-23-9-11-24(12-10-23)21-17-5-1-3-7-19(17)27-20-8-4-2-6-18(20)22-21/h1-8,25H,9-16H2/i1D,2D,3D,4D,5D,6D,7D,8D,13D2,14D2,15D2,16D2. The van der Waals surface area contributed by atoms with E-state index in [1.807, 2.05) is 0 Å². The molecule has 0 unspecified atom stereocenters. The molecule has 2 aliphatic rings. The molecule has 1 N–H and O–H groups in total. The summed E-state index contributed by atoms with van der Waals surface area (Å²) < 4.78 is 133. The maximum absolute atomic E-state index is 9.39. The highest BCUT2D eigenvalue weighted by Gasteiger charge is 2.24. The first-order valence-corrected chi connectivity index (χ1v) is 8.77. The highest BCUT2D eigenvalue weighted by molar-refractivity contribution is 7.99. The maximum Gasteiger partial charge on any atom is 0.137 e. The van der Waals surface area contributed by atoms with Crippen LogP contribution in [0.3, 0.4) is 0 Å². The molecule has 0 spiro atoms. The van der Waals surface area contributed by atoms with Crippen LogP contribution < -0.4 is 0 Å². The quantitative estimate of drug-likeness (QED) is 0.838. The summed E-state index contributed by atoms with van der Waals surface area (Å²) >= 11 is 0.728. The van der Waals surface area contributed by atoms with E-state index in [0.29, 0.717) is 0 Å². The van der Waals surface area contributed by atoms with Crippen molar-refractivity contribution in [2.24, 2.45) is 4.99 Å². The number of amidine groups is 1. The average molecular weight is 400 g/mol. The molecule has 2 aliphatic heterocycles. The van der Waals surface area contributed by atoms with Gasteiger partial charge in [0.15, 0.2) is 0 Å². The highest BCUT2D eigenvalue weighted by Crippen LogP contribution is 2.40. The van der Waals surface area contributed by atoms with E-state index in [4.69, 9.17) is 21.9 Å². The fraction of sp³-hybridized carbons (Fsp3) is 0.381. The Morgan fingerprint density at radius 2 is 1.78 bits per heavy atom. The molecule has 5 nitrogen and oxygen atoms in total. The number of nitrogens with zero attached hydrogens (tertiary/aromatic N) is 3. The number of aliphatic imine (C=N–C) groups is 1. The van der Waals surface area contributed by atoms with Crippen molar-refractivity contribution in [3.05, 3.63) is 53.9 Å². The normalized spacial score (nSPS) is 27.7. The van der Waals surface area contributed by atoms with Crippen LogP contribution in [0.25, 0.3) is 0 Å². The summed E-state index contributed by atoms with van der Waals surface area (Å²) in [5, 5.41) is 9.39. The Bertz CT molecular complexity index is 1510. The van der Waals surface area contributed by atoms with E-state index in [1.165, 1.54) is 4.90 Å². The number of ether oxygens (including phenoxy) is 1. The smallest absolute Gasteiger partial charge is 0.137 e. The van der Waals surface area contributed by atoms with Crippen molar-refractivity contribution in [3.8, 4) is 0 Å². The van der Waals surface area contributed by atoms with Crippen LogP contribution in [0.4, 0.5) is 5.69 Å². The van der Waals surface area contributed by atoms with Crippen molar-refractivity contribution in [1.82, 2.24) is 9.80 Å². The zero-order chi connectivity index (χ0) is 32.6. The molecule has 2 aromatic rings. The van der Waals surface area contributed by atoms with Crippen LogP contribution >= 0.6 is 11.8 Å². The van der Waals surface area contributed by atoms with Gasteiger partial charge in [-0.3, -0.25) is 4.90 Å². The van der Waals surface area contributed by atoms with Gasteiger partial charge in [-0.15, -0.1) is 0 Å². The number of hydrogen-bond acceptors (Lipinski definition) is 6. The van der Waals surface area contributed by atoms with Gasteiger partial charge in [0.2, 0.25) is 0 Å². The average Bonchev–Trinajstić information content (AvgIpc) is 3.09. The lowest BCUT2D eigenvalue weighted by molar-refractivity contribution is 0.0652. The summed E-state index contributed by atoms with van der Waals surface area (Å²) in [5.41, 5.74) is -0.264. The Morgan fingerprint density at radius 3 is 2.59 bits per heavy atom. The lowest BCUT2D eigenvalue weighted by Crippen LogP contribution is -2.49. The minimum atomic E-state index is -3.65. The molecule has 0 amide bonds. The van der Waals surface area contributed by atoms with Gasteiger partial charge in [-0.1, -0.05) is 42.0 Å². The molecule has 142 valence electrons. The van der Waals surface area contributed by atoms with E-state index >= 15 is 0 Å². The van der Waals surface area contributed by atoms with Crippen molar-refractivity contribution >= 4 is 23.3 Å². The van der Waals surface area contributed by atoms with Crippen LogP contribution in [0.15, 0.2) is 63.1 Å². The zero-order valence-corrected chi connectivity index (χ0v) is 14.8. The first-order chi connectivity index (χ1) is 19.5. The van der Waals surface area contributed by atoms with Crippen molar-refractivity contribution < 1.29 is 31.8 Å². The molecule has 0 bridgehead atoms. The second-order valence-corrected chi connectivity index (χ2v) is 6.44. The summed E-state index contributed by atoms with van der Waals surface area (Å²) in [7, 11) is 0. The third-order valence-electron chi connectivity index (χ3n) is 3.86. The maximum atomic E-state index is 9.39. The predicted octanol–water partition coefficient (Wildman–Crippen LogP) is 2.86. The lowest BCUT2D eigenvalue weighted by Gasteiger charge is -2.36. The molecule has 2 aromatic carbocycles. The summed E-state index contributed by atoms with van der Waals surface area (Å²) in [5.74, 6) is -0.0671. The van der Waals surface area contributed by atoms with Gasteiger partial charge in [0.05, 0.1) is 44.6 Å². The van der Waals surface area contributed by atoms with E-state index in [-0.39, 0.29) is 53.1 Å². The van der Waals surface area contributed by atoms with Crippen LogP contribution in [0.2, 0.25) is 0 Å². The number of hydrogen-bond donors (Lipinski definition) is 1. The van der Waals surface area contributed by atoms with Gasteiger partial charge in [0, 0.05) is 50.8 Å². The van der Waals surface area contributed by atoms with Gasteiger partial charge in [0.1, 0.15) is 5.84 Å². The molecule has 1 fully saturated rings. The molecule has 0 aromatic heterocycles. The molecular weight excluding hydrogens is 358 g/mol. The molecule has 27 heavy (non-hydrogen) atoms. The lowest BCUT2D eigenvalue weighted by atomic mass is 10.1. The number of aliphatic hydroxyl groups is 1. The van der Waals surface area contributed by atoms with Gasteiger partial charge < -0.3 is 14.7 Å². The third-order valence-corrected chi connectivity index (χ3v) is 4.87. The minimum Gasteiger partial charge on any atom is -0.394 e. The van der Waals surface area contributed by atoms with Crippen LogP contribution in [-0.4, -0.2) is 73.1 Å². The van der Waals surface area contributed by atoms with Crippen LogP contribution in [-0.2, 0) is 4.74 Å². The largest absolute Gasteiger partial charge is 0.394 e. The Hall–Kier alpha value is -1.86. The Labute approximate surface area is 187 Å². The summed E-state index contributed by atoms with van der Waals surface area (Å²) in [6.07, 6.45) is 0. The molecule has 0 saturated carbocycles. The fourth-order valence-electron chi connectivity index (χ4n) is 2.64. The second-order valence-electron chi connectivity index (χ2n) is 5.42. The van der Waals surface area contributed by atoms with E-state index in [0.717, 1.165) is 16.7 Å². The molecule has 4 rings (SSSR count). The SMILES string of the molecule is [2H]c1c([2H])c([2H])c2c(c1[2H])N=C(N1CCN(C([2H])([2H])C([2H])([2H])OC([2H])([2H])C([2H])([2H])O)CC1)c1c([2H])c([2H])c([2H])c([2H])c1S2. The van der Waals surface area contributed by atoms with Crippen molar-refractivity contribution in [2.45, 2.75) is 9.79 Å². The molecule has 0 atom stereocenters. The van der Waals surface area contributed by atoms with E-state index < -0.39 is 74.5 Å². The number of para-hydroxylation sites is 1. The zero-order valence-electron chi connectivity index (χ0n) is 29.9. The first-order valence-electron chi connectivity index (χ1n) is 15.9.